The number of aromatic nitrogens is 1. The van der Waals surface area contributed by atoms with Crippen molar-refractivity contribution < 1.29 is 13.6 Å². The van der Waals surface area contributed by atoms with E-state index in [1.807, 2.05) is 25.1 Å². The lowest BCUT2D eigenvalue weighted by molar-refractivity contribution is 0.170. The highest BCUT2D eigenvalue weighted by atomic mass is 19.2. The molecule has 1 aromatic heterocycles. The highest BCUT2D eigenvalue weighted by Crippen LogP contribution is 2.34. The number of carbonyl (C=O) groups excluding carboxylic acids is 1. The predicted octanol–water partition coefficient (Wildman–Crippen LogP) is 4.36. The van der Waals surface area contributed by atoms with Crippen LogP contribution in [0.5, 0.6) is 0 Å². The number of hydrogen-bond donors (Lipinski definition) is 1. The molecule has 1 heterocycles. The van der Waals surface area contributed by atoms with Crippen LogP contribution in [0.15, 0.2) is 42.6 Å². The maximum absolute atomic E-state index is 13.4. The van der Waals surface area contributed by atoms with E-state index in [9.17, 15) is 13.6 Å². The summed E-state index contributed by atoms with van der Waals surface area (Å²) < 4.78 is 26.5. The fourth-order valence-electron chi connectivity index (χ4n) is 2.90. The van der Waals surface area contributed by atoms with Crippen LogP contribution in [0.1, 0.15) is 50.0 Å². The molecule has 4 nitrogen and oxygen atoms in total. The summed E-state index contributed by atoms with van der Waals surface area (Å²) >= 11 is 0. The van der Waals surface area contributed by atoms with Gasteiger partial charge in [0.1, 0.15) is 0 Å². The maximum Gasteiger partial charge on any atom is 0.318 e. The summed E-state index contributed by atoms with van der Waals surface area (Å²) in [4.78, 5) is 18.9. The highest BCUT2D eigenvalue weighted by molar-refractivity contribution is 5.76. The third kappa shape index (κ3) is 3.95. The number of amides is 2. The Morgan fingerprint density at radius 3 is 2.56 bits per heavy atom. The van der Waals surface area contributed by atoms with Gasteiger partial charge in [0.15, 0.2) is 11.6 Å². The number of pyridine rings is 1. The Labute approximate surface area is 145 Å². The van der Waals surface area contributed by atoms with Crippen LogP contribution in [-0.2, 0) is 0 Å². The molecule has 0 radical (unpaired) electrons. The van der Waals surface area contributed by atoms with Gasteiger partial charge in [-0.05, 0) is 56.5 Å². The standard InChI is InChI=1S/C19H21F2N3O/c1-12(14-6-9-16(20)17(21)11-14)23-19(25)24(15-7-8-15)13(2)18-5-3-4-10-22-18/h3-6,9-13,15H,7-8H2,1-2H3,(H,23,25)/t12-,13-/m1/s1. The first-order valence-corrected chi connectivity index (χ1v) is 8.42. The van der Waals surface area contributed by atoms with Crippen molar-refractivity contribution in [3.63, 3.8) is 0 Å². The molecule has 0 spiro atoms. The lowest BCUT2D eigenvalue weighted by atomic mass is 10.1. The van der Waals surface area contributed by atoms with E-state index in [4.69, 9.17) is 0 Å². The van der Waals surface area contributed by atoms with Crippen molar-refractivity contribution in [2.75, 3.05) is 0 Å². The zero-order chi connectivity index (χ0) is 18.0. The SMILES string of the molecule is C[C@H](c1ccccn1)N(C(=O)N[C@H](C)c1ccc(F)c(F)c1)C1CC1. The lowest BCUT2D eigenvalue weighted by Gasteiger charge is -2.30. The molecule has 1 fully saturated rings. The van der Waals surface area contributed by atoms with E-state index < -0.39 is 17.7 Å². The first-order valence-electron chi connectivity index (χ1n) is 8.42. The first kappa shape index (κ1) is 17.3. The molecule has 2 atom stereocenters. The smallest absolute Gasteiger partial charge is 0.318 e. The fraction of sp³-hybridized carbons (Fsp3) is 0.368. The van der Waals surface area contributed by atoms with Gasteiger partial charge in [0, 0.05) is 12.2 Å². The summed E-state index contributed by atoms with van der Waals surface area (Å²) in [6.07, 6.45) is 3.63. The Bertz CT molecular complexity index is 750. The largest absolute Gasteiger partial charge is 0.331 e. The van der Waals surface area contributed by atoms with Gasteiger partial charge in [0.2, 0.25) is 0 Å². The lowest BCUT2D eigenvalue weighted by Crippen LogP contribution is -2.44. The quantitative estimate of drug-likeness (QED) is 0.875. The van der Waals surface area contributed by atoms with Crippen LogP contribution in [0, 0.1) is 11.6 Å². The molecule has 2 aromatic rings. The third-order valence-electron chi connectivity index (χ3n) is 4.49. The average Bonchev–Trinajstić information content (AvgIpc) is 3.43. The van der Waals surface area contributed by atoms with Crippen molar-refractivity contribution in [2.24, 2.45) is 0 Å². The number of nitrogens with zero attached hydrogens (tertiary/aromatic N) is 2. The van der Waals surface area contributed by atoms with Crippen LogP contribution >= 0.6 is 0 Å². The Hall–Kier alpha value is -2.50. The number of urea groups is 1. The van der Waals surface area contributed by atoms with Crippen molar-refractivity contribution in [1.29, 1.82) is 0 Å². The van der Waals surface area contributed by atoms with Crippen LogP contribution in [0.2, 0.25) is 0 Å². The molecule has 1 aromatic carbocycles. The Morgan fingerprint density at radius 2 is 1.96 bits per heavy atom. The summed E-state index contributed by atoms with van der Waals surface area (Å²) in [6, 6.07) is 8.66. The van der Waals surface area contributed by atoms with Gasteiger partial charge in [0.25, 0.3) is 0 Å². The summed E-state index contributed by atoms with van der Waals surface area (Å²) in [6.45, 7) is 3.70. The van der Waals surface area contributed by atoms with Gasteiger partial charge in [-0.2, -0.15) is 0 Å². The van der Waals surface area contributed by atoms with Crippen molar-refractivity contribution in [3.8, 4) is 0 Å². The second-order valence-corrected chi connectivity index (χ2v) is 6.41. The number of nitrogens with one attached hydrogen (secondary N) is 1. The molecule has 0 saturated heterocycles. The van der Waals surface area contributed by atoms with Crippen molar-refractivity contribution in [2.45, 2.75) is 44.8 Å². The Morgan fingerprint density at radius 1 is 1.20 bits per heavy atom. The molecule has 25 heavy (non-hydrogen) atoms. The second kappa shape index (κ2) is 7.17. The molecule has 0 bridgehead atoms. The van der Waals surface area contributed by atoms with Crippen molar-refractivity contribution in [3.05, 3.63) is 65.5 Å². The van der Waals surface area contributed by atoms with Gasteiger partial charge in [-0.3, -0.25) is 4.98 Å². The molecule has 3 rings (SSSR count). The zero-order valence-electron chi connectivity index (χ0n) is 14.2. The highest BCUT2D eigenvalue weighted by Gasteiger charge is 2.37. The van der Waals surface area contributed by atoms with Gasteiger partial charge in [-0.15, -0.1) is 0 Å². The van der Waals surface area contributed by atoms with E-state index in [-0.39, 0.29) is 18.1 Å². The molecule has 1 saturated carbocycles. The fourth-order valence-corrected chi connectivity index (χ4v) is 2.90. The predicted molar refractivity (Wildman–Crippen MR) is 90.8 cm³/mol. The minimum atomic E-state index is -0.917. The summed E-state index contributed by atoms with van der Waals surface area (Å²) in [5, 5.41) is 2.89. The van der Waals surface area contributed by atoms with Gasteiger partial charge >= 0.3 is 6.03 Å². The maximum atomic E-state index is 13.4. The monoisotopic (exact) mass is 345 g/mol. The van der Waals surface area contributed by atoms with Crippen LogP contribution in [0.25, 0.3) is 0 Å². The minimum absolute atomic E-state index is 0.161. The number of halogens is 2. The van der Waals surface area contributed by atoms with E-state index in [0.717, 1.165) is 30.7 Å². The van der Waals surface area contributed by atoms with E-state index in [1.165, 1.54) is 6.07 Å². The molecule has 1 aliphatic carbocycles. The van der Waals surface area contributed by atoms with E-state index >= 15 is 0 Å². The van der Waals surface area contributed by atoms with Gasteiger partial charge < -0.3 is 10.2 Å². The number of hydrogen-bond acceptors (Lipinski definition) is 2. The number of carbonyl (C=O) groups is 1. The van der Waals surface area contributed by atoms with Gasteiger partial charge in [0.05, 0.1) is 17.8 Å². The van der Waals surface area contributed by atoms with E-state index in [1.54, 1.807) is 18.0 Å². The summed E-state index contributed by atoms with van der Waals surface area (Å²) in [5.41, 5.74) is 1.35. The van der Waals surface area contributed by atoms with E-state index in [0.29, 0.717) is 5.56 Å². The van der Waals surface area contributed by atoms with Gasteiger partial charge in [-0.25, -0.2) is 13.6 Å². The van der Waals surface area contributed by atoms with Crippen LogP contribution in [0.3, 0.4) is 0 Å². The normalized spacial score (nSPS) is 16.2. The van der Waals surface area contributed by atoms with Crippen molar-refractivity contribution >= 4 is 6.03 Å². The molecule has 2 amide bonds. The van der Waals surface area contributed by atoms with E-state index in [2.05, 4.69) is 10.3 Å². The van der Waals surface area contributed by atoms with Crippen LogP contribution in [0.4, 0.5) is 13.6 Å². The average molecular weight is 345 g/mol. The zero-order valence-corrected chi connectivity index (χ0v) is 14.2. The van der Waals surface area contributed by atoms with Crippen LogP contribution < -0.4 is 5.32 Å². The van der Waals surface area contributed by atoms with Crippen molar-refractivity contribution in [1.82, 2.24) is 15.2 Å². The molecule has 0 aliphatic heterocycles. The molecule has 1 N–H and O–H groups in total. The van der Waals surface area contributed by atoms with Crippen LogP contribution in [-0.4, -0.2) is 22.0 Å². The first-order chi connectivity index (χ1) is 12.0. The molecule has 0 unspecified atom stereocenters. The number of rotatable bonds is 5. The second-order valence-electron chi connectivity index (χ2n) is 6.41. The molecule has 132 valence electrons. The Kier molecular flexibility index (Phi) is 4.97. The van der Waals surface area contributed by atoms with Gasteiger partial charge in [-0.1, -0.05) is 12.1 Å². The summed E-state index contributed by atoms with van der Waals surface area (Å²) in [5.74, 6) is -1.81. The molecule has 1 aliphatic rings. The Balaban J connectivity index is 1.74. The topological polar surface area (TPSA) is 45.2 Å². The molecule has 6 heteroatoms. The third-order valence-corrected chi connectivity index (χ3v) is 4.49. The number of benzene rings is 1. The minimum Gasteiger partial charge on any atom is -0.331 e. The molecular weight excluding hydrogens is 324 g/mol. The molecular formula is C19H21F2N3O. The summed E-state index contributed by atoms with van der Waals surface area (Å²) in [7, 11) is 0.